The molecule has 1 amide bonds. The van der Waals surface area contributed by atoms with Gasteiger partial charge in [0.05, 0.1) is 16.6 Å². The number of nitrogens with zero attached hydrogens (tertiary/aromatic N) is 4. The molecule has 1 aromatic heterocycles. The van der Waals surface area contributed by atoms with Crippen molar-refractivity contribution in [3.05, 3.63) is 45.1 Å². The van der Waals surface area contributed by atoms with E-state index in [1.807, 2.05) is 0 Å². The van der Waals surface area contributed by atoms with Crippen LogP contribution in [0.5, 0.6) is 0 Å². The minimum absolute atomic E-state index is 0.000829. The Balaban J connectivity index is 1.41. The van der Waals surface area contributed by atoms with Crippen LogP contribution in [-0.2, 0) is 16.9 Å². The predicted octanol–water partition coefficient (Wildman–Crippen LogP) is 1.71. The molecule has 0 unspecified atom stereocenters. The largest absolute Gasteiger partial charge is 0.364 e. The second-order valence-electron chi connectivity index (χ2n) is 7.20. The van der Waals surface area contributed by atoms with E-state index < -0.39 is 34.7 Å². The highest BCUT2D eigenvalue weighted by Gasteiger charge is 2.72. The zero-order chi connectivity index (χ0) is 18.7. The molecule has 7 nitrogen and oxygen atoms in total. The van der Waals surface area contributed by atoms with Gasteiger partial charge in [0, 0.05) is 19.3 Å². The first-order valence-corrected chi connectivity index (χ1v) is 8.56. The Hall–Kier alpha value is -2.29. The molecule has 2 bridgehead atoms. The molecule has 0 spiro atoms. The van der Waals surface area contributed by atoms with E-state index in [-0.39, 0.29) is 30.8 Å². The van der Waals surface area contributed by atoms with Gasteiger partial charge in [-0.2, -0.15) is 9.36 Å². The Labute approximate surface area is 151 Å². The molecule has 3 saturated carbocycles. The van der Waals surface area contributed by atoms with E-state index in [2.05, 4.69) is 15.7 Å². The lowest BCUT2D eigenvalue weighted by molar-refractivity contribution is -0.205. The van der Waals surface area contributed by atoms with Gasteiger partial charge in [-0.1, -0.05) is 17.7 Å². The first-order chi connectivity index (χ1) is 12.2. The third kappa shape index (κ3) is 2.61. The Kier molecular flexibility index (Phi) is 3.69. The molecule has 0 aliphatic heterocycles. The third-order valence-electron chi connectivity index (χ3n) is 5.14. The van der Waals surface area contributed by atoms with Crippen molar-refractivity contribution in [1.29, 1.82) is 0 Å². The average Bonchev–Trinajstić information content (AvgIpc) is 2.87. The highest BCUT2D eigenvalue weighted by atomic mass is 35.5. The van der Waals surface area contributed by atoms with E-state index in [0.29, 0.717) is 5.56 Å². The van der Waals surface area contributed by atoms with E-state index in [4.69, 9.17) is 11.6 Å². The number of carbonyl (C=O) groups excluding carboxylic acids is 1. The van der Waals surface area contributed by atoms with Gasteiger partial charge < -0.3 is 5.32 Å². The summed E-state index contributed by atoms with van der Waals surface area (Å²) in [6.45, 7) is 1.36. The van der Waals surface area contributed by atoms with Gasteiger partial charge in [0.25, 0.3) is 0 Å². The maximum Gasteiger partial charge on any atom is 0.364 e. The Morgan fingerprint density at radius 3 is 2.69 bits per heavy atom. The Morgan fingerprint density at radius 1 is 1.38 bits per heavy atom. The van der Waals surface area contributed by atoms with E-state index in [1.165, 1.54) is 16.8 Å². The van der Waals surface area contributed by atoms with Crippen LogP contribution in [0.2, 0.25) is 5.02 Å². The van der Waals surface area contributed by atoms with Gasteiger partial charge in [0.15, 0.2) is 0 Å². The summed E-state index contributed by atoms with van der Waals surface area (Å²) in [5, 5.41) is 10.2. The third-order valence-corrected chi connectivity index (χ3v) is 5.45. The molecule has 3 aliphatic carbocycles. The fourth-order valence-electron chi connectivity index (χ4n) is 3.80. The Bertz CT molecular complexity index is 937. The molecule has 3 aliphatic rings. The van der Waals surface area contributed by atoms with Gasteiger partial charge in [-0.3, -0.25) is 4.79 Å². The summed E-state index contributed by atoms with van der Waals surface area (Å²) in [5.41, 5.74) is -1.73. The fraction of sp³-hybridized carbons (Fsp3) is 0.500. The first-order valence-electron chi connectivity index (χ1n) is 8.18. The van der Waals surface area contributed by atoms with Gasteiger partial charge in [0.1, 0.15) is 18.0 Å². The van der Waals surface area contributed by atoms with Gasteiger partial charge >= 0.3 is 5.69 Å². The summed E-state index contributed by atoms with van der Waals surface area (Å²) >= 11 is 5.64. The molecule has 138 valence electrons. The number of alkyl halides is 1. The summed E-state index contributed by atoms with van der Waals surface area (Å²) in [4.78, 5) is 24.5. The molecular formula is C16H16ClF2N5O2. The van der Waals surface area contributed by atoms with Gasteiger partial charge in [-0.25, -0.2) is 13.6 Å². The lowest BCUT2D eigenvalue weighted by Gasteiger charge is -2.64. The summed E-state index contributed by atoms with van der Waals surface area (Å²) < 4.78 is 29.3. The lowest BCUT2D eigenvalue weighted by atomic mass is 9.47. The molecule has 1 aromatic carbocycles. The topological polar surface area (TPSA) is 81.8 Å². The molecule has 1 atom stereocenters. The van der Waals surface area contributed by atoms with Crippen LogP contribution in [0.25, 0.3) is 0 Å². The van der Waals surface area contributed by atoms with Crippen LogP contribution in [0.1, 0.15) is 37.8 Å². The molecular weight excluding hydrogens is 368 g/mol. The number of tetrazole rings is 1. The second kappa shape index (κ2) is 5.60. The fourth-order valence-corrected chi connectivity index (χ4v) is 3.92. The van der Waals surface area contributed by atoms with Crippen LogP contribution in [0.3, 0.4) is 0 Å². The van der Waals surface area contributed by atoms with E-state index in [0.717, 1.165) is 4.68 Å². The molecule has 10 heteroatoms. The molecule has 5 rings (SSSR count). The van der Waals surface area contributed by atoms with Crippen molar-refractivity contribution in [2.24, 2.45) is 0 Å². The number of hydrogen-bond donors (Lipinski definition) is 1. The summed E-state index contributed by atoms with van der Waals surface area (Å²) in [7, 11) is 0. The Morgan fingerprint density at radius 2 is 2.08 bits per heavy atom. The van der Waals surface area contributed by atoms with E-state index >= 15 is 0 Å². The first kappa shape index (κ1) is 17.1. The molecule has 2 aromatic rings. The van der Waals surface area contributed by atoms with Crippen molar-refractivity contribution in [2.45, 2.75) is 50.0 Å². The number of benzene rings is 1. The summed E-state index contributed by atoms with van der Waals surface area (Å²) in [6.07, 6.45) is 0.803. The highest BCUT2D eigenvalue weighted by molar-refractivity contribution is 6.30. The molecule has 1 heterocycles. The van der Waals surface area contributed by atoms with E-state index in [1.54, 1.807) is 13.0 Å². The van der Waals surface area contributed by atoms with Crippen molar-refractivity contribution >= 4 is 17.5 Å². The van der Waals surface area contributed by atoms with Crippen molar-refractivity contribution in [1.82, 2.24) is 25.1 Å². The maximum atomic E-state index is 13.6. The molecule has 0 saturated heterocycles. The number of halogens is 3. The van der Waals surface area contributed by atoms with Gasteiger partial charge in [-0.15, -0.1) is 0 Å². The van der Waals surface area contributed by atoms with Gasteiger partial charge in [-0.05, 0) is 35.0 Å². The monoisotopic (exact) mass is 383 g/mol. The smallest absolute Gasteiger partial charge is 0.348 e. The molecule has 26 heavy (non-hydrogen) atoms. The zero-order valence-electron chi connectivity index (χ0n) is 13.9. The van der Waals surface area contributed by atoms with Crippen LogP contribution in [0.15, 0.2) is 23.0 Å². The minimum atomic E-state index is -1.16. The summed E-state index contributed by atoms with van der Waals surface area (Å²) in [5.74, 6) is -1.05. The van der Waals surface area contributed by atoms with Gasteiger partial charge in [0.2, 0.25) is 5.91 Å². The predicted molar refractivity (Wildman–Crippen MR) is 87.9 cm³/mol. The number of aromatic nitrogens is 4. The van der Waals surface area contributed by atoms with Crippen LogP contribution < -0.4 is 11.0 Å². The minimum Gasteiger partial charge on any atom is -0.348 e. The molecule has 1 N–H and O–H groups in total. The number of amides is 1. The molecule has 3 fully saturated rings. The zero-order valence-corrected chi connectivity index (χ0v) is 14.6. The van der Waals surface area contributed by atoms with Crippen LogP contribution in [-0.4, -0.2) is 31.4 Å². The van der Waals surface area contributed by atoms with Crippen LogP contribution in [0, 0.1) is 5.82 Å². The van der Waals surface area contributed by atoms with Crippen molar-refractivity contribution in [3.8, 4) is 0 Å². The molecule has 0 radical (unpaired) electrons. The normalized spacial score (nSPS) is 27.4. The van der Waals surface area contributed by atoms with Crippen molar-refractivity contribution < 1.29 is 13.6 Å². The highest BCUT2D eigenvalue weighted by Crippen LogP contribution is 2.66. The lowest BCUT2D eigenvalue weighted by Crippen LogP contribution is -2.72. The maximum absolute atomic E-state index is 13.6. The van der Waals surface area contributed by atoms with Crippen LogP contribution >= 0.6 is 11.6 Å². The summed E-state index contributed by atoms with van der Waals surface area (Å²) in [6, 6.07) is 3.77. The standard InChI is InChI=1S/C16H16ClF2N5O2/c1-9(10-2-3-11(17)12(18)4-10)20-13(25)5-23-14(26)24(22-21-23)16-6-15(19,7-16)8-16/h2-4,9H,5-8H2,1H3,(H,20,25)/t9-,15?,16?/m0/s1. The average molecular weight is 384 g/mol. The second-order valence-corrected chi connectivity index (χ2v) is 7.61. The number of rotatable bonds is 5. The number of hydrogen-bond acceptors (Lipinski definition) is 4. The number of carbonyl (C=O) groups is 1. The van der Waals surface area contributed by atoms with Crippen molar-refractivity contribution in [3.63, 3.8) is 0 Å². The van der Waals surface area contributed by atoms with Crippen LogP contribution in [0.4, 0.5) is 8.78 Å². The quantitative estimate of drug-likeness (QED) is 0.852. The number of nitrogens with one attached hydrogen (secondary N) is 1. The SMILES string of the molecule is C[C@H](NC(=O)Cn1nnn(C23CC(F)(C2)C3)c1=O)c1ccc(Cl)c(F)c1. The van der Waals surface area contributed by atoms with E-state index in [9.17, 15) is 18.4 Å². The van der Waals surface area contributed by atoms with Crippen molar-refractivity contribution in [2.75, 3.05) is 0 Å².